The summed E-state index contributed by atoms with van der Waals surface area (Å²) in [7, 11) is 0. The van der Waals surface area contributed by atoms with E-state index in [1.807, 2.05) is 0 Å². The summed E-state index contributed by atoms with van der Waals surface area (Å²) < 4.78 is 2.45. The van der Waals surface area contributed by atoms with Crippen LogP contribution in [-0.4, -0.2) is 15.4 Å². The Labute approximate surface area is 74.6 Å². The molecule has 4 aliphatic carbocycles. The molecule has 5 fully saturated rings. The quantitative estimate of drug-likeness (QED) is 0.535. The fourth-order valence-electron chi connectivity index (χ4n) is 4.54. The molecule has 4 saturated carbocycles. The molecule has 5 atom stereocenters. The molecule has 4 bridgehead atoms. The fourth-order valence-corrected chi connectivity index (χ4v) is 9.43. The van der Waals surface area contributed by atoms with Gasteiger partial charge in [-0.3, -0.25) is 0 Å². The third-order valence-corrected chi connectivity index (χ3v) is 9.53. The van der Waals surface area contributed by atoms with Gasteiger partial charge in [-0.15, -0.1) is 0 Å². The molecule has 3 unspecified atom stereocenters. The van der Waals surface area contributed by atoms with Gasteiger partial charge < -0.3 is 0 Å². The first-order chi connectivity index (χ1) is 5.36. The van der Waals surface area contributed by atoms with Crippen LogP contribution in [-0.2, 0) is 0 Å². The Balaban J connectivity index is 1.83. The topological polar surface area (TPSA) is 0 Å². The minimum atomic E-state index is 0.582. The summed E-state index contributed by atoms with van der Waals surface area (Å²) in [6.45, 7) is 0. The number of hydrogen-bond donors (Lipinski definition) is 0. The van der Waals surface area contributed by atoms with E-state index >= 15 is 0 Å². The summed E-state index contributed by atoms with van der Waals surface area (Å²) in [6, 6.07) is 0. The Morgan fingerprint density at radius 2 is 1.73 bits per heavy atom. The van der Waals surface area contributed by atoms with Crippen LogP contribution >= 0.6 is 0 Å². The summed E-state index contributed by atoms with van der Waals surface area (Å²) in [6.07, 6.45) is 8.35. The number of hydrogen-bond acceptors (Lipinski definition) is 0. The second-order valence-electron chi connectivity index (χ2n) is 5.39. The zero-order valence-electron chi connectivity index (χ0n) is 6.84. The van der Waals surface area contributed by atoms with Crippen molar-refractivity contribution in [2.24, 2.45) is 17.8 Å². The Morgan fingerprint density at radius 3 is 2.36 bits per heavy atom. The summed E-state index contributed by atoms with van der Waals surface area (Å²) in [5.74, 6) is 3.70. The standard InChI is InChI=1S/C10H14Ge/c1-6-2-8-3-7(1)5-10(4-6)9(8)11-10/h6-9H,1-5H2/t6-,7+,8?,9?,10?. The Hall–Kier alpha value is 0.543. The fraction of sp³-hybridized carbons (Fsp3) is 1.00. The van der Waals surface area contributed by atoms with E-state index in [9.17, 15) is 0 Å². The predicted octanol–water partition coefficient (Wildman–Crippen LogP) is 2.49. The molecule has 0 amide bonds. The van der Waals surface area contributed by atoms with Crippen molar-refractivity contribution in [3.8, 4) is 0 Å². The van der Waals surface area contributed by atoms with Crippen LogP contribution in [0.2, 0.25) is 9.00 Å². The minimum absolute atomic E-state index is 0.582. The van der Waals surface area contributed by atoms with Gasteiger partial charge in [-0.05, 0) is 0 Å². The van der Waals surface area contributed by atoms with Crippen LogP contribution in [0.4, 0.5) is 0 Å². The molecule has 0 N–H and O–H groups in total. The third kappa shape index (κ3) is 0.609. The molecule has 2 radical (unpaired) electrons. The molecular formula is C10H14Ge. The van der Waals surface area contributed by atoms with Crippen LogP contribution in [0.3, 0.4) is 0 Å². The summed E-state index contributed by atoms with van der Waals surface area (Å²) >= 11 is 0.582. The van der Waals surface area contributed by atoms with E-state index < -0.39 is 0 Å². The predicted molar refractivity (Wildman–Crippen MR) is 45.8 cm³/mol. The van der Waals surface area contributed by atoms with E-state index in [-0.39, 0.29) is 0 Å². The normalized spacial score (nSPS) is 69.8. The van der Waals surface area contributed by atoms with Gasteiger partial charge in [0.1, 0.15) is 0 Å². The van der Waals surface area contributed by atoms with Gasteiger partial charge in [0.25, 0.3) is 0 Å². The molecule has 0 aromatic heterocycles. The van der Waals surface area contributed by atoms with Crippen LogP contribution < -0.4 is 0 Å². The molecule has 1 aliphatic heterocycles. The zero-order chi connectivity index (χ0) is 7.05. The van der Waals surface area contributed by atoms with Gasteiger partial charge in [0.15, 0.2) is 0 Å². The molecule has 1 saturated heterocycles. The van der Waals surface area contributed by atoms with Gasteiger partial charge in [0.2, 0.25) is 0 Å². The molecular weight excluding hydrogens is 193 g/mol. The van der Waals surface area contributed by atoms with E-state index in [2.05, 4.69) is 0 Å². The second-order valence-corrected chi connectivity index (χ2v) is 9.39. The monoisotopic (exact) mass is 208 g/mol. The van der Waals surface area contributed by atoms with E-state index in [1.165, 1.54) is 22.5 Å². The molecule has 0 aromatic rings. The van der Waals surface area contributed by atoms with Crippen molar-refractivity contribution in [3.63, 3.8) is 0 Å². The Bertz CT molecular complexity index is 209. The first-order valence-corrected chi connectivity index (χ1v) is 7.39. The van der Waals surface area contributed by atoms with Gasteiger partial charge >= 0.3 is 74.3 Å². The van der Waals surface area contributed by atoms with Crippen molar-refractivity contribution in [2.75, 3.05) is 0 Å². The SMILES string of the molecule is C1C2C[C@H]3C[C@@H]1C[C]1(C3)[Ge][CH]21. The molecule has 5 aliphatic rings. The molecule has 1 spiro atoms. The first kappa shape index (κ1) is 6.07. The maximum atomic E-state index is 1.70. The van der Waals surface area contributed by atoms with Gasteiger partial charge in [-0.2, -0.15) is 0 Å². The molecule has 1 heteroatoms. The third-order valence-electron chi connectivity index (χ3n) is 4.67. The van der Waals surface area contributed by atoms with Crippen LogP contribution in [0.15, 0.2) is 0 Å². The molecule has 1 heterocycles. The average Bonchev–Trinajstić information content (AvgIpc) is 2.61. The Kier molecular flexibility index (Phi) is 0.879. The van der Waals surface area contributed by atoms with Crippen molar-refractivity contribution in [1.29, 1.82) is 0 Å². The second kappa shape index (κ2) is 1.59. The van der Waals surface area contributed by atoms with Gasteiger partial charge in [0.05, 0.1) is 0 Å². The van der Waals surface area contributed by atoms with E-state index in [1.54, 1.807) is 32.1 Å². The maximum absolute atomic E-state index is 1.70. The van der Waals surface area contributed by atoms with Gasteiger partial charge in [0, 0.05) is 0 Å². The summed E-state index contributed by atoms with van der Waals surface area (Å²) in [4.78, 5) is 0. The molecule has 11 heavy (non-hydrogen) atoms. The molecule has 0 nitrogen and oxygen atoms in total. The van der Waals surface area contributed by atoms with Crippen molar-refractivity contribution in [2.45, 2.75) is 41.1 Å². The average molecular weight is 207 g/mol. The number of rotatable bonds is 0. The van der Waals surface area contributed by atoms with Gasteiger partial charge in [-0.1, -0.05) is 0 Å². The van der Waals surface area contributed by atoms with Crippen LogP contribution in [0.1, 0.15) is 32.1 Å². The summed E-state index contributed by atoms with van der Waals surface area (Å²) in [5.41, 5.74) is 0. The Morgan fingerprint density at radius 1 is 1.00 bits per heavy atom. The van der Waals surface area contributed by atoms with E-state index in [0.29, 0.717) is 15.4 Å². The van der Waals surface area contributed by atoms with Crippen molar-refractivity contribution in [1.82, 2.24) is 0 Å². The van der Waals surface area contributed by atoms with Crippen LogP contribution in [0.25, 0.3) is 0 Å². The van der Waals surface area contributed by atoms with Crippen molar-refractivity contribution in [3.05, 3.63) is 0 Å². The zero-order valence-corrected chi connectivity index (χ0v) is 8.94. The van der Waals surface area contributed by atoms with Crippen molar-refractivity contribution >= 4 is 15.4 Å². The molecule has 58 valence electrons. The first-order valence-electron chi connectivity index (χ1n) is 5.13. The molecule has 0 aromatic carbocycles. The van der Waals surface area contributed by atoms with Gasteiger partial charge in [-0.25, -0.2) is 0 Å². The van der Waals surface area contributed by atoms with Crippen molar-refractivity contribution < 1.29 is 0 Å². The molecule has 5 rings (SSSR count). The van der Waals surface area contributed by atoms with Crippen LogP contribution in [0.5, 0.6) is 0 Å². The summed E-state index contributed by atoms with van der Waals surface area (Å²) in [5, 5.41) is 0. The van der Waals surface area contributed by atoms with E-state index in [4.69, 9.17) is 0 Å². The van der Waals surface area contributed by atoms with Crippen LogP contribution in [0, 0.1) is 17.8 Å². The van der Waals surface area contributed by atoms with E-state index in [0.717, 1.165) is 4.25 Å².